The number of rotatable bonds is 2. The number of carbonyl (C=O) groups is 1. The summed E-state index contributed by atoms with van der Waals surface area (Å²) in [4.78, 5) is 13.4. The Morgan fingerprint density at radius 1 is 1.22 bits per heavy atom. The number of hydrogen-bond acceptors (Lipinski definition) is 4. The first kappa shape index (κ1) is 13.4. The van der Waals surface area contributed by atoms with Crippen molar-refractivity contribution in [3.8, 4) is 0 Å². The van der Waals surface area contributed by atoms with E-state index in [1.807, 2.05) is 13.8 Å². The fourth-order valence-corrected chi connectivity index (χ4v) is 3.59. The van der Waals surface area contributed by atoms with Crippen molar-refractivity contribution in [2.45, 2.75) is 58.5 Å². The zero-order chi connectivity index (χ0) is 13.1. The lowest BCUT2D eigenvalue weighted by molar-refractivity contribution is 0.0378. The van der Waals surface area contributed by atoms with Crippen LogP contribution in [-0.2, 0) is 17.6 Å². The summed E-state index contributed by atoms with van der Waals surface area (Å²) in [6.45, 7) is 3.73. The van der Waals surface area contributed by atoms with Crippen LogP contribution in [-0.4, -0.2) is 12.1 Å². The van der Waals surface area contributed by atoms with Gasteiger partial charge in [0, 0.05) is 4.88 Å². The number of fused-ring (bicyclic) bond motifs is 1. The number of esters is 1. The van der Waals surface area contributed by atoms with Gasteiger partial charge in [-0.25, -0.2) is 4.79 Å². The number of aryl methyl sites for hydroxylation is 1. The second-order valence-electron chi connectivity index (χ2n) is 5.11. The second kappa shape index (κ2) is 5.74. The Balaban J connectivity index is 2.31. The first-order valence-electron chi connectivity index (χ1n) is 6.70. The predicted molar refractivity (Wildman–Crippen MR) is 75.2 cm³/mol. The van der Waals surface area contributed by atoms with Gasteiger partial charge >= 0.3 is 5.97 Å². The highest BCUT2D eigenvalue weighted by Crippen LogP contribution is 2.35. The van der Waals surface area contributed by atoms with E-state index in [4.69, 9.17) is 10.5 Å². The average Bonchev–Trinajstić information content (AvgIpc) is 2.53. The highest BCUT2D eigenvalue weighted by Gasteiger charge is 2.24. The fourth-order valence-electron chi connectivity index (χ4n) is 2.44. The Bertz CT molecular complexity index is 437. The van der Waals surface area contributed by atoms with E-state index in [0.29, 0.717) is 10.6 Å². The number of anilines is 1. The molecule has 1 aromatic heterocycles. The molecule has 0 amide bonds. The average molecular weight is 267 g/mol. The van der Waals surface area contributed by atoms with Gasteiger partial charge in [-0.3, -0.25) is 0 Å². The number of nitrogens with two attached hydrogens (primary N) is 1. The number of nitrogen functional groups attached to an aromatic ring is 1. The molecule has 0 radical (unpaired) electrons. The Kier molecular flexibility index (Phi) is 4.27. The summed E-state index contributed by atoms with van der Waals surface area (Å²) in [5.74, 6) is -0.249. The summed E-state index contributed by atoms with van der Waals surface area (Å²) >= 11 is 1.57. The Morgan fingerprint density at radius 3 is 2.56 bits per heavy atom. The smallest absolute Gasteiger partial charge is 0.341 e. The molecule has 0 unspecified atom stereocenters. The zero-order valence-corrected chi connectivity index (χ0v) is 11.9. The van der Waals surface area contributed by atoms with Gasteiger partial charge in [0.25, 0.3) is 0 Å². The molecule has 0 atom stereocenters. The molecule has 2 N–H and O–H groups in total. The SMILES string of the molecule is CC(C)OC(=O)c1c(N)sc2c1CCCCCC2. The van der Waals surface area contributed by atoms with Crippen molar-refractivity contribution >= 4 is 22.3 Å². The van der Waals surface area contributed by atoms with Gasteiger partial charge in [-0.05, 0) is 45.1 Å². The first-order chi connectivity index (χ1) is 8.59. The summed E-state index contributed by atoms with van der Waals surface area (Å²) < 4.78 is 5.30. The van der Waals surface area contributed by atoms with Crippen molar-refractivity contribution in [3.63, 3.8) is 0 Å². The van der Waals surface area contributed by atoms with Gasteiger partial charge in [-0.15, -0.1) is 11.3 Å². The molecule has 2 rings (SSSR count). The molecular formula is C14H21NO2S. The fraction of sp³-hybridized carbons (Fsp3) is 0.643. The number of carbonyl (C=O) groups excluding carboxylic acids is 1. The molecule has 0 aliphatic heterocycles. The standard InChI is InChI=1S/C14H21NO2S/c1-9(2)17-14(16)12-10-7-5-3-4-6-8-11(10)18-13(12)15/h9H,3-8,15H2,1-2H3. The molecule has 1 aromatic rings. The summed E-state index contributed by atoms with van der Waals surface area (Å²) in [5.41, 5.74) is 7.82. The van der Waals surface area contributed by atoms with Crippen molar-refractivity contribution in [2.75, 3.05) is 5.73 Å². The molecule has 18 heavy (non-hydrogen) atoms. The lowest BCUT2D eigenvalue weighted by Gasteiger charge is -2.12. The van der Waals surface area contributed by atoms with Gasteiger partial charge < -0.3 is 10.5 Å². The van der Waals surface area contributed by atoms with Crippen LogP contribution in [0.25, 0.3) is 0 Å². The topological polar surface area (TPSA) is 52.3 Å². The van der Waals surface area contributed by atoms with Crippen molar-refractivity contribution in [1.82, 2.24) is 0 Å². The third kappa shape index (κ3) is 2.86. The van der Waals surface area contributed by atoms with E-state index in [1.54, 1.807) is 11.3 Å². The van der Waals surface area contributed by atoms with Crippen molar-refractivity contribution in [3.05, 3.63) is 16.0 Å². The van der Waals surface area contributed by atoms with E-state index in [1.165, 1.54) is 24.1 Å². The van der Waals surface area contributed by atoms with Crippen LogP contribution >= 0.6 is 11.3 Å². The molecule has 1 aliphatic rings. The Labute approximate surface area is 112 Å². The van der Waals surface area contributed by atoms with Gasteiger partial charge in [0.1, 0.15) is 5.00 Å². The minimum Gasteiger partial charge on any atom is -0.459 e. The van der Waals surface area contributed by atoms with Crippen molar-refractivity contribution in [2.24, 2.45) is 0 Å². The van der Waals surface area contributed by atoms with Crippen LogP contribution in [0.1, 0.15) is 60.3 Å². The van der Waals surface area contributed by atoms with Crippen LogP contribution in [0.3, 0.4) is 0 Å². The minimum absolute atomic E-state index is 0.0963. The molecule has 4 heteroatoms. The van der Waals surface area contributed by atoms with Crippen LogP contribution in [0.5, 0.6) is 0 Å². The van der Waals surface area contributed by atoms with Gasteiger partial charge in [-0.2, -0.15) is 0 Å². The Morgan fingerprint density at radius 2 is 1.89 bits per heavy atom. The molecule has 0 saturated heterocycles. The highest BCUT2D eigenvalue weighted by atomic mass is 32.1. The van der Waals surface area contributed by atoms with Crippen molar-refractivity contribution in [1.29, 1.82) is 0 Å². The third-order valence-corrected chi connectivity index (χ3v) is 4.37. The zero-order valence-electron chi connectivity index (χ0n) is 11.1. The maximum absolute atomic E-state index is 12.1. The van der Waals surface area contributed by atoms with E-state index < -0.39 is 0 Å². The van der Waals surface area contributed by atoms with Crippen LogP contribution in [0, 0.1) is 0 Å². The van der Waals surface area contributed by atoms with Crippen LogP contribution < -0.4 is 5.73 Å². The van der Waals surface area contributed by atoms with E-state index in [0.717, 1.165) is 24.8 Å². The molecule has 100 valence electrons. The maximum Gasteiger partial charge on any atom is 0.341 e. The minimum atomic E-state index is -0.249. The van der Waals surface area contributed by atoms with Crippen LogP contribution in [0.15, 0.2) is 0 Å². The summed E-state index contributed by atoms with van der Waals surface area (Å²) in [6.07, 6.45) is 6.79. The summed E-state index contributed by atoms with van der Waals surface area (Å²) in [6, 6.07) is 0. The number of thiophene rings is 1. The molecule has 1 heterocycles. The summed E-state index contributed by atoms with van der Waals surface area (Å²) in [5, 5.41) is 0.632. The van der Waals surface area contributed by atoms with E-state index in [2.05, 4.69) is 0 Å². The molecule has 0 fully saturated rings. The monoisotopic (exact) mass is 267 g/mol. The van der Waals surface area contributed by atoms with E-state index in [-0.39, 0.29) is 12.1 Å². The lowest BCUT2D eigenvalue weighted by Crippen LogP contribution is -2.14. The van der Waals surface area contributed by atoms with Gasteiger partial charge in [-0.1, -0.05) is 12.8 Å². The number of hydrogen-bond donors (Lipinski definition) is 1. The first-order valence-corrected chi connectivity index (χ1v) is 7.52. The lowest BCUT2D eigenvalue weighted by atomic mass is 9.96. The third-order valence-electron chi connectivity index (χ3n) is 3.25. The highest BCUT2D eigenvalue weighted by molar-refractivity contribution is 7.16. The quantitative estimate of drug-likeness (QED) is 0.834. The molecular weight excluding hydrogens is 246 g/mol. The molecule has 0 spiro atoms. The molecule has 0 bridgehead atoms. The molecule has 3 nitrogen and oxygen atoms in total. The molecule has 0 aromatic carbocycles. The maximum atomic E-state index is 12.1. The van der Waals surface area contributed by atoms with Crippen molar-refractivity contribution < 1.29 is 9.53 Å². The predicted octanol–water partition coefficient (Wildman–Crippen LogP) is 3.55. The van der Waals surface area contributed by atoms with E-state index in [9.17, 15) is 4.79 Å². The summed E-state index contributed by atoms with van der Waals surface area (Å²) in [7, 11) is 0. The van der Waals surface area contributed by atoms with Crippen LogP contribution in [0.2, 0.25) is 0 Å². The van der Waals surface area contributed by atoms with Gasteiger partial charge in [0.05, 0.1) is 11.7 Å². The van der Waals surface area contributed by atoms with Gasteiger partial charge in [0.2, 0.25) is 0 Å². The Hall–Kier alpha value is -1.03. The van der Waals surface area contributed by atoms with E-state index >= 15 is 0 Å². The normalized spacial score (nSPS) is 15.9. The molecule has 0 saturated carbocycles. The number of ether oxygens (including phenoxy) is 1. The molecule has 1 aliphatic carbocycles. The largest absolute Gasteiger partial charge is 0.459 e. The van der Waals surface area contributed by atoms with Gasteiger partial charge in [0.15, 0.2) is 0 Å². The van der Waals surface area contributed by atoms with Crippen LogP contribution in [0.4, 0.5) is 5.00 Å². The second-order valence-corrected chi connectivity index (χ2v) is 6.25.